The van der Waals surface area contributed by atoms with Gasteiger partial charge in [0.25, 0.3) is 0 Å². The van der Waals surface area contributed by atoms with Crippen molar-refractivity contribution >= 4 is 56.6 Å². The largest absolute Gasteiger partial charge is 0.328 e. The third-order valence-electron chi connectivity index (χ3n) is 3.32. The fourth-order valence-corrected chi connectivity index (χ4v) is 3.81. The summed E-state index contributed by atoms with van der Waals surface area (Å²) in [6, 6.07) is 6.39. The number of hydrogen-bond donors (Lipinski definition) is 0. The standard InChI is InChI=1S/C15H15ClIN3S/c1-10-9-21-15(18-10)5-7-20-13-3-2-11(17)8-12(13)19-14(20)4-6-16/h2-3,8-9H,4-7H2,1H3. The molecule has 3 aromatic rings. The van der Waals surface area contributed by atoms with Crippen LogP contribution in [0, 0.1) is 10.5 Å². The molecule has 0 saturated carbocycles. The van der Waals surface area contributed by atoms with E-state index in [4.69, 9.17) is 16.6 Å². The predicted octanol–water partition coefficient (Wildman–Crippen LogP) is 4.43. The van der Waals surface area contributed by atoms with E-state index in [1.165, 1.54) is 14.1 Å². The van der Waals surface area contributed by atoms with Gasteiger partial charge in [-0.2, -0.15) is 0 Å². The zero-order valence-corrected chi connectivity index (χ0v) is 15.4. The lowest BCUT2D eigenvalue weighted by atomic mass is 10.3. The summed E-state index contributed by atoms with van der Waals surface area (Å²) in [7, 11) is 0. The van der Waals surface area contributed by atoms with Gasteiger partial charge in [0.2, 0.25) is 0 Å². The Morgan fingerprint density at radius 3 is 2.86 bits per heavy atom. The molecule has 0 unspecified atom stereocenters. The first-order chi connectivity index (χ1) is 10.2. The molecule has 0 radical (unpaired) electrons. The van der Waals surface area contributed by atoms with Gasteiger partial charge in [-0.3, -0.25) is 0 Å². The van der Waals surface area contributed by atoms with Crippen LogP contribution in [0.3, 0.4) is 0 Å². The van der Waals surface area contributed by atoms with Gasteiger partial charge in [0, 0.05) is 39.9 Å². The zero-order chi connectivity index (χ0) is 14.8. The number of benzene rings is 1. The molecule has 1 aromatic carbocycles. The number of imidazole rings is 1. The average molecular weight is 432 g/mol. The minimum absolute atomic E-state index is 0.594. The summed E-state index contributed by atoms with van der Waals surface area (Å²) in [5.41, 5.74) is 3.34. The minimum Gasteiger partial charge on any atom is -0.328 e. The molecule has 3 rings (SSSR count). The number of fused-ring (bicyclic) bond motifs is 1. The van der Waals surface area contributed by atoms with Crippen LogP contribution in [0.5, 0.6) is 0 Å². The number of aryl methyl sites for hydroxylation is 4. The van der Waals surface area contributed by atoms with Crippen molar-refractivity contribution in [1.82, 2.24) is 14.5 Å². The van der Waals surface area contributed by atoms with Crippen LogP contribution < -0.4 is 0 Å². The second kappa shape index (κ2) is 6.62. The van der Waals surface area contributed by atoms with Crippen molar-refractivity contribution in [2.45, 2.75) is 26.3 Å². The lowest BCUT2D eigenvalue weighted by Gasteiger charge is -2.07. The van der Waals surface area contributed by atoms with Gasteiger partial charge in [-0.25, -0.2) is 9.97 Å². The van der Waals surface area contributed by atoms with Gasteiger partial charge < -0.3 is 4.57 Å². The fraction of sp³-hybridized carbons (Fsp3) is 0.333. The molecule has 2 aromatic heterocycles. The molecule has 0 amide bonds. The Balaban J connectivity index is 1.92. The van der Waals surface area contributed by atoms with Crippen LogP contribution in [-0.2, 0) is 19.4 Å². The second-order valence-corrected chi connectivity index (χ2v) is 7.45. The highest BCUT2D eigenvalue weighted by molar-refractivity contribution is 14.1. The van der Waals surface area contributed by atoms with Crippen LogP contribution in [0.2, 0.25) is 0 Å². The maximum Gasteiger partial charge on any atom is 0.111 e. The molecule has 0 atom stereocenters. The maximum atomic E-state index is 5.92. The number of thiazole rings is 1. The summed E-state index contributed by atoms with van der Waals surface area (Å²) in [6.45, 7) is 2.93. The average Bonchev–Trinajstić information content (AvgIpc) is 3.00. The summed E-state index contributed by atoms with van der Waals surface area (Å²) in [6.07, 6.45) is 1.73. The third kappa shape index (κ3) is 3.40. The molecule has 0 spiro atoms. The van der Waals surface area contributed by atoms with Crippen LogP contribution in [0.4, 0.5) is 0 Å². The highest BCUT2D eigenvalue weighted by Gasteiger charge is 2.11. The van der Waals surface area contributed by atoms with Gasteiger partial charge in [-0.05, 0) is 47.7 Å². The fourth-order valence-electron chi connectivity index (χ4n) is 2.40. The highest BCUT2D eigenvalue weighted by atomic mass is 127. The van der Waals surface area contributed by atoms with Crippen molar-refractivity contribution in [3.63, 3.8) is 0 Å². The quantitative estimate of drug-likeness (QED) is 0.442. The molecular weight excluding hydrogens is 417 g/mol. The molecule has 21 heavy (non-hydrogen) atoms. The predicted molar refractivity (Wildman–Crippen MR) is 97.4 cm³/mol. The Kier molecular flexibility index (Phi) is 4.81. The second-order valence-electron chi connectivity index (χ2n) is 4.88. The number of halogens is 2. The van der Waals surface area contributed by atoms with E-state index in [-0.39, 0.29) is 0 Å². The molecule has 0 fully saturated rings. The van der Waals surface area contributed by atoms with Gasteiger partial charge >= 0.3 is 0 Å². The Hall–Kier alpha value is -0.660. The summed E-state index contributed by atoms with van der Waals surface area (Å²) >= 11 is 9.97. The monoisotopic (exact) mass is 431 g/mol. The number of nitrogens with zero attached hydrogens (tertiary/aromatic N) is 3. The van der Waals surface area contributed by atoms with Crippen molar-refractivity contribution in [1.29, 1.82) is 0 Å². The van der Waals surface area contributed by atoms with Crippen LogP contribution in [0.1, 0.15) is 16.5 Å². The van der Waals surface area contributed by atoms with E-state index >= 15 is 0 Å². The zero-order valence-electron chi connectivity index (χ0n) is 11.6. The molecule has 0 saturated heterocycles. The smallest absolute Gasteiger partial charge is 0.111 e. The van der Waals surface area contributed by atoms with Gasteiger partial charge in [0.05, 0.1) is 16.0 Å². The van der Waals surface area contributed by atoms with Gasteiger partial charge in [0.1, 0.15) is 5.82 Å². The van der Waals surface area contributed by atoms with E-state index in [0.717, 1.165) is 36.4 Å². The van der Waals surface area contributed by atoms with E-state index < -0.39 is 0 Å². The highest BCUT2D eigenvalue weighted by Crippen LogP contribution is 2.21. The SMILES string of the molecule is Cc1csc(CCn2c(CCCl)nc3cc(I)ccc32)n1. The normalized spacial score (nSPS) is 11.4. The number of rotatable bonds is 5. The van der Waals surface area contributed by atoms with E-state index in [9.17, 15) is 0 Å². The summed E-state index contributed by atoms with van der Waals surface area (Å²) in [5, 5.41) is 3.28. The Bertz CT molecular complexity index is 765. The molecular formula is C15H15ClIN3S. The topological polar surface area (TPSA) is 30.7 Å². The molecule has 2 heterocycles. The van der Waals surface area contributed by atoms with Gasteiger partial charge in [0.15, 0.2) is 0 Å². The van der Waals surface area contributed by atoms with Gasteiger partial charge in [-0.15, -0.1) is 22.9 Å². The number of alkyl halides is 1. The minimum atomic E-state index is 0.594. The van der Waals surface area contributed by atoms with E-state index in [2.05, 4.69) is 55.7 Å². The lowest BCUT2D eigenvalue weighted by molar-refractivity contribution is 0.672. The van der Waals surface area contributed by atoms with Crippen molar-refractivity contribution in [3.05, 3.63) is 43.7 Å². The van der Waals surface area contributed by atoms with E-state index in [1.54, 1.807) is 11.3 Å². The Morgan fingerprint density at radius 2 is 2.14 bits per heavy atom. The molecule has 0 aliphatic heterocycles. The van der Waals surface area contributed by atoms with Crippen LogP contribution in [0.25, 0.3) is 11.0 Å². The lowest BCUT2D eigenvalue weighted by Crippen LogP contribution is -2.07. The van der Waals surface area contributed by atoms with Crippen molar-refractivity contribution < 1.29 is 0 Å². The summed E-state index contributed by atoms with van der Waals surface area (Å²) < 4.78 is 3.49. The molecule has 0 aliphatic carbocycles. The van der Waals surface area contributed by atoms with Crippen molar-refractivity contribution in [2.75, 3.05) is 5.88 Å². The Morgan fingerprint density at radius 1 is 1.29 bits per heavy atom. The third-order valence-corrected chi connectivity index (χ3v) is 5.21. The summed E-state index contributed by atoms with van der Waals surface area (Å²) in [4.78, 5) is 9.27. The van der Waals surface area contributed by atoms with Crippen molar-refractivity contribution in [2.24, 2.45) is 0 Å². The molecule has 3 nitrogen and oxygen atoms in total. The first kappa shape index (κ1) is 15.2. The van der Waals surface area contributed by atoms with Crippen LogP contribution >= 0.6 is 45.5 Å². The Labute approximate surface area is 146 Å². The first-order valence-electron chi connectivity index (χ1n) is 6.79. The summed E-state index contributed by atoms with van der Waals surface area (Å²) in [5.74, 6) is 1.66. The molecule has 6 heteroatoms. The van der Waals surface area contributed by atoms with Crippen LogP contribution in [0.15, 0.2) is 23.6 Å². The van der Waals surface area contributed by atoms with Crippen LogP contribution in [-0.4, -0.2) is 20.4 Å². The van der Waals surface area contributed by atoms with E-state index in [1.807, 2.05) is 6.92 Å². The van der Waals surface area contributed by atoms with Gasteiger partial charge in [-0.1, -0.05) is 0 Å². The molecule has 110 valence electrons. The molecule has 0 N–H and O–H groups in total. The number of aromatic nitrogens is 3. The van der Waals surface area contributed by atoms with E-state index in [0.29, 0.717) is 5.88 Å². The first-order valence-corrected chi connectivity index (χ1v) is 9.28. The molecule has 0 bridgehead atoms. The number of hydrogen-bond acceptors (Lipinski definition) is 3. The van der Waals surface area contributed by atoms with Crippen molar-refractivity contribution in [3.8, 4) is 0 Å². The maximum absolute atomic E-state index is 5.92. The molecule has 0 aliphatic rings.